The number of benzene rings is 12. The lowest BCUT2D eigenvalue weighted by molar-refractivity contribution is 1.19. The van der Waals surface area contributed by atoms with Crippen LogP contribution in [0.5, 0.6) is 0 Å². The Labute approximate surface area is 402 Å². The Morgan fingerprint density at radius 1 is 0.348 bits per heavy atom. The minimum atomic E-state index is 1.19. The van der Waals surface area contributed by atoms with Gasteiger partial charge in [0.2, 0.25) is 0 Å². The van der Waals surface area contributed by atoms with Crippen LogP contribution in [0.15, 0.2) is 218 Å². The summed E-state index contributed by atoms with van der Waals surface area (Å²) in [5.41, 5.74) is 14.9. The first kappa shape index (κ1) is 38.6. The fraction of sp³-hybridized carbons (Fsp3) is 0.0303. The molecule has 0 aliphatic rings. The van der Waals surface area contributed by atoms with Gasteiger partial charge in [-0.25, -0.2) is 0 Å². The van der Waals surface area contributed by atoms with Crippen LogP contribution in [-0.4, -0.2) is 9.13 Å². The molecule has 0 aliphatic carbocycles. The summed E-state index contributed by atoms with van der Waals surface area (Å²) in [6, 6.07) is 81.5. The zero-order valence-electron chi connectivity index (χ0n) is 38.1. The van der Waals surface area contributed by atoms with Gasteiger partial charge in [-0.05, 0) is 122 Å². The minimum Gasteiger partial charge on any atom is -0.308 e. The van der Waals surface area contributed by atoms with E-state index in [2.05, 4.69) is 241 Å². The Balaban J connectivity index is 1.07. The van der Waals surface area contributed by atoms with E-state index in [1.807, 2.05) is 11.3 Å². The Bertz CT molecular complexity index is 4680. The van der Waals surface area contributed by atoms with Gasteiger partial charge >= 0.3 is 0 Å². The van der Waals surface area contributed by atoms with E-state index in [1.165, 1.54) is 152 Å². The molecule has 0 saturated heterocycles. The predicted molar refractivity (Wildman–Crippen MR) is 298 cm³/mol. The lowest BCUT2D eigenvalue weighted by Crippen LogP contribution is -1.99. The van der Waals surface area contributed by atoms with Crippen molar-refractivity contribution in [1.82, 2.24) is 9.13 Å². The molecule has 0 bridgehead atoms. The van der Waals surface area contributed by atoms with E-state index >= 15 is 0 Å². The summed E-state index contributed by atoms with van der Waals surface area (Å²) in [7, 11) is 0. The van der Waals surface area contributed by atoms with Crippen molar-refractivity contribution in [3.05, 3.63) is 230 Å². The van der Waals surface area contributed by atoms with E-state index < -0.39 is 0 Å². The molecule has 12 aromatic carbocycles. The molecule has 0 spiro atoms. The monoisotopic (exact) mass is 894 g/mol. The summed E-state index contributed by atoms with van der Waals surface area (Å²) in [4.78, 5) is 0. The highest BCUT2D eigenvalue weighted by Crippen LogP contribution is 2.50. The molecular formula is C66H42N2S. The molecule has 15 aromatic rings. The Morgan fingerprint density at radius 3 is 1.43 bits per heavy atom. The van der Waals surface area contributed by atoms with Crippen LogP contribution in [0.3, 0.4) is 0 Å². The lowest BCUT2D eigenvalue weighted by atomic mass is 9.88. The number of rotatable bonds is 4. The molecule has 15 rings (SSSR count). The third-order valence-electron chi connectivity index (χ3n) is 15.2. The smallest absolute Gasteiger partial charge is 0.0726 e. The zero-order valence-corrected chi connectivity index (χ0v) is 38.9. The summed E-state index contributed by atoms with van der Waals surface area (Å²) in [6.45, 7) is 4.58. The number of aromatic nitrogens is 2. The molecule has 0 radical (unpaired) electrons. The summed E-state index contributed by atoms with van der Waals surface area (Å²) in [6.07, 6.45) is 0. The Hall–Kier alpha value is -8.50. The third kappa shape index (κ3) is 5.36. The molecule has 0 atom stereocenters. The quantitative estimate of drug-likeness (QED) is 0.167. The van der Waals surface area contributed by atoms with Gasteiger partial charge in [0.1, 0.15) is 0 Å². The Morgan fingerprint density at radius 2 is 0.812 bits per heavy atom. The molecule has 3 heteroatoms. The van der Waals surface area contributed by atoms with E-state index in [-0.39, 0.29) is 0 Å². The molecule has 3 aromatic heterocycles. The fourth-order valence-electron chi connectivity index (χ4n) is 12.2. The standard InChI is InChI=1S/C66H42N2S/c1-39-17-3-6-22-45(39)60-40(2)64-61(49-26-10-9-25-48(49)60)53-37-43(33-35-57(53)67(64)55-30-15-20-41-18-4-7-23-46(41)55)44-34-36-58-54(38-44)62-50-27-11-12-28-51(50)63-52-29-13-14-32-59(52)69-66(63)65(62)68(58)56-31-16-21-42-19-5-8-24-47(42)56/h3-38H,1-2H3. The van der Waals surface area contributed by atoms with Gasteiger partial charge in [0, 0.05) is 47.8 Å². The van der Waals surface area contributed by atoms with Crippen LogP contribution in [0, 0.1) is 13.8 Å². The van der Waals surface area contributed by atoms with E-state index in [0.29, 0.717) is 0 Å². The molecular weight excluding hydrogens is 853 g/mol. The fourth-order valence-corrected chi connectivity index (χ4v) is 13.5. The maximum atomic E-state index is 2.57. The summed E-state index contributed by atoms with van der Waals surface area (Å²) < 4.78 is 7.77. The normalized spacial score (nSPS) is 12.2. The van der Waals surface area contributed by atoms with Gasteiger partial charge in [-0.15, -0.1) is 11.3 Å². The minimum absolute atomic E-state index is 1.19. The molecule has 69 heavy (non-hydrogen) atoms. The summed E-state index contributed by atoms with van der Waals surface area (Å²) in [5, 5.41) is 17.8. The van der Waals surface area contributed by atoms with Crippen LogP contribution in [0.1, 0.15) is 11.1 Å². The first-order valence-electron chi connectivity index (χ1n) is 23.9. The largest absolute Gasteiger partial charge is 0.308 e. The Kier molecular flexibility index (Phi) is 8.11. The van der Waals surface area contributed by atoms with Crippen LogP contribution in [0.25, 0.3) is 141 Å². The van der Waals surface area contributed by atoms with E-state index in [0.717, 1.165) is 0 Å². The molecule has 0 N–H and O–H groups in total. The average Bonchev–Trinajstić information content (AvgIpc) is 4.07. The average molecular weight is 895 g/mol. The van der Waals surface area contributed by atoms with Crippen molar-refractivity contribution in [2.45, 2.75) is 13.8 Å². The van der Waals surface area contributed by atoms with Gasteiger partial charge < -0.3 is 9.13 Å². The highest BCUT2D eigenvalue weighted by molar-refractivity contribution is 7.27. The molecule has 0 amide bonds. The molecule has 3 heterocycles. The van der Waals surface area contributed by atoms with Gasteiger partial charge in [-0.1, -0.05) is 176 Å². The van der Waals surface area contributed by atoms with Gasteiger partial charge in [0.25, 0.3) is 0 Å². The molecule has 322 valence electrons. The van der Waals surface area contributed by atoms with Crippen molar-refractivity contribution in [3.8, 4) is 33.6 Å². The second kappa shape index (κ2) is 14.5. The number of thiophene rings is 1. The zero-order chi connectivity index (χ0) is 45.5. The van der Waals surface area contributed by atoms with Crippen molar-refractivity contribution in [3.63, 3.8) is 0 Å². The van der Waals surface area contributed by atoms with Crippen molar-refractivity contribution in [2.24, 2.45) is 0 Å². The van der Waals surface area contributed by atoms with Crippen molar-refractivity contribution in [1.29, 1.82) is 0 Å². The lowest BCUT2D eigenvalue weighted by Gasteiger charge is -2.18. The molecule has 2 nitrogen and oxygen atoms in total. The number of fused-ring (bicyclic) bond motifs is 17. The SMILES string of the molecule is Cc1ccccc1-c1c(C)c2c(c3ccccc13)c1cc(-c3ccc4c(c3)c3c5ccccc5c5c6ccccc6sc5c3n4-c3cccc4ccccc34)ccc1n2-c1cccc2ccccc12. The van der Waals surface area contributed by atoms with Crippen LogP contribution in [0.2, 0.25) is 0 Å². The first-order valence-corrected chi connectivity index (χ1v) is 24.7. The maximum absolute atomic E-state index is 2.57. The first-order chi connectivity index (χ1) is 34.1. The number of hydrogen-bond donors (Lipinski definition) is 0. The second-order valence-corrected chi connectivity index (χ2v) is 19.8. The number of aryl methyl sites for hydroxylation is 2. The van der Waals surface area contributed by atoms with Crippen molar-refractivity contribution >= 4 is 118 Å². The summed E-state index contributed by atoms with van der Waals surface area (Å²) in [5.74, 6) is 0. The number of hydrogen-bond acceptors (Lipinski definition) is 1. The predicted octanol–water partition coefficient (Wildman–Crippen LogP) is 18.8. The maximum Gasteiger partial charge on any atom is 0.0726 e. The molecule has 0 unspecified atom stereocenters. The van der Waals surface area contributed by atoms with Gasteiger partial charge in [-0.3, -0.25) is 0 Å². The van der Waals surface area contributed by atoms with Gasteiger partial charge in [0.05, 0.1) is 38.1 Å². The highest BCUT2D eigenvalue weighted by atomic mass is 32.1. The topological polar surface area (TPSA) is 9.86 Å². The van der Waals surface area contributed by atoms with Gasteiger partial charge in [-0.2, -0.15) is 0 Å². The molecule has 0 fully saturated rings. The number of nitrogens with zero attached hydrogens (tertiary/aromatic N) is 2. The van der Waals surface area contributed by atoms with Crippen LogP contribution in [-0.2, 0) is 0 Å². The van der Waals surface area contributed by atoms with E-state index in [4.69, 9.17) is 0 Å². The third-order valence-corrected chi connectivity index (χ3v) is 16.3. The van der Waals surface area contributed by atoms with E-state index in [9.17, 15) is 0 Å². The summed E-state index contributed by atoms with van der Waals surface area (Å²) >= 11 is 1.92. The van der Waals surface area contributed by atoms with Crippen LogP contribution in [0.4, 0.5) is 0 Å². The van der Waals surface area contributed by atoms with Crippen LogP contribution < -0.4 is 0 Å². The van der Waals surface area contributed by atoms with Crippen molar-refractivity contribution in [2.75, 3.05) is 0 Å². The second-order valence-electron chi connectivity index (χ2n) is 18.8. The molecule has 0 aliphatic heterocycles. The van der Waals surface area contributed by atoms with Crippen molar-refractivity contribution < 1.29 is 0 Å². The molecule has 0 saturated carbocycles. The van der Waals surface area contributed by atoms with E-state index in [1.54, 1.807) is 0 Å². The van der Waals surface area contributed by atoms with Crippen LogP contribution >= 0.6 is 11.3 Å². The highest BCUT2D eigenvalue weighted by Gasteiger charge is 2.26. The van der Waals surface area contributed by atoms with Gasteiger partial charge in [0.15, 0.2) is 0 Å².